The number of halogens is 1. The Balaban J connectivity index is 1.91. The number of hydrogen-bond donors (Lipinski definition) is 0. The Bertz CT molecular complexity index is 712. The van der Waals surface area contributed by atoms with Crippen molar-refractivity contribution in [3.63, 3.8) is 0 Å². The Hall–Kier alpha value is -2.14. The molecule has 19 heavy (non-hydrogen) atoms. The quantitative estimate of drug-likeness (QED) is 0.737. The van der Waals surface area contributed by atoms with Gasteiger partial charge in [-0.1, -0.05) is 17.7 Å². The van der Waals surface area contributed by atoms with Crippen molar-refractivity contribution in [2.45, 2.75) is 13.0 Å². The van der Waals surface area contributed by atoms with Crippen LogP contribution in [0.25, 0.3) is 5.78 Å². The fourth-order valence-electron chi connectivity index (χ4n) is 1.87. The number of fused-ring (bicyclic) bond motifs is 1. The summed E-state index contributed by atoms with van der Waals surface area (Å²) in [6.45, 7) is 1.94. The van der Waals surface area contributed by atoms with Gasteiger partial charge < -0.3 is 4.74 Å². The summed E-state index contributed by atoms with van der Waals surface area (Å²) < 4.78 is 7.52. The first kappa shape index (κ1) is 11.9. The van der Waals surface area contributed by atoms with Gasteiger partial charge in [0.15, 0.2) is 0 Å². The van der Waals surface area contributed by atoms with Gasteiger partial charge >= 0.3 is 0 Å². The highest BCUT2D eigenvalue weighted by atomic mass is 35.5. The third-order valence-corrected chi connectivity index (χ3v) is 2.97. The molecular weight excluding hydrogens is 264 g/mol. The Morgan fingerprint density at radius 2 is 2.16 bits per heavy atom. The smallest absolute Gasteiger partial charge is 0.252 e. The maximum atomic E-state index is 5.93. The van der Waals surface area contributed by atoms with Crippen molar-refractivity contribution in [1.29, 1.82) is 0 Å². The zero-order valence-electron chi connectivity index (χ0n) is 10.2. The second-order valence-corrected chi connectivity index (χ2v) is 4.50. The minimum atomic E-state index is -0.189. The van der Waals surface area contributed by atoms with Gasteiger partial charge in [0.2, 0.25) is 0 Å². The summed E-state index contributed by atoms with van der Waals surface area (Å²) in [4.78, 5) is 8.17. The standard InChI is InChI=1S/C13H11ClN4O/c1-9(19-11-4-2-3-10(14)7-11)12-5-6-15-13-16-8-17-18(12)13/h2-9H,1H3/t9-/m1/s1. The van der Waals surface area contributed by atoms with Gasteiger partial charge in [-0.2, -0.15) is 14.6 Å². The molecule has 0 radical (unpaired) electrons. The van der Waals surface area contributed by atoms with Crippen molar-refractivity contribution >= 4 is 17.4 Å². The maximum absolute atomic E-state index is 5.93. The molecule has 0 fully saturated rings. The number of aromatic nitrogens is 4. The summed E-state index contributed by atoms with van der Waals surface area (Å²) in [7, 11) is 0. The van der Waals surface area contributed by atoms with E-state index in [-0.39, 0.29) is 6.10 Å². The molecule has 0 spiro atoms. The van der Waals surface area contributed by atoms with E-state index in [4.69, 9.17) is 16.3 Å². The molecule has 0 bridgehead atoms. The zero-order valence-corrected chi connectivity index (χ0v) is 10.9. The highest BCUT2D eigenvalue weighted by molar-refractivity contribution is 6.30. The molecule has 2 aromatic heterocycles. The van der Waals surface area contributed by atoms with E-state index in [1.165, 1.54) is 6.33 Å². The van der Waals surface area contributed by atoms with Crippen molar-refractivity contribution in [2.75, 3.05) is 0 Å². The molecule has 5 nitrogen and oxygen atoms in total. The lowest BCUT2D eigenvalue weighted by atomic mass is 10.2. The van der Waals surface area contributed by atoms with Crippen LogP contribution in [0.15, 0.2) is 42.9 Å². The van der Waals surface area contributed by atoms with Crippen LogP contribution in [-0.4, -0.2) is 19.6 Å². The molecule has 0 unspecified atom stereocenters. The van der Waals surface area contributed by atoms with Crippen molar-refractivity contribution in [3.8, 4) is 5.75 Å². The van der Waals surface area contributed by atoms with E-state index in [0.717, 1.165) is 5.69 Å². The predicted molar refractivity (Wildman–Crippen MR) is 71.3 cm³/mol. The van der Waals surface area contributed by atoms with Crippen molar-refractivity contribution < 1.29 is 4.74 Å². The first-order valence-corrected chi connectivity index (χ1v) is 6.19. The fraction of sp³-hybridized carbons (Fsp3) is 0.154. The maximum Gasteiger partial charge on any atom is 0.252 e. The van der Waals surface area contributed by atoms with Crippen LogP contribution in [0.5, 0.6) is 5.75 Å². The molecule has 3 aromatic rings. The van der Waals surface area contributed by atoms with Gasteiger partial charge in [-0.3, -0.25) is 0 Å². The van der Waals surface area contributed by atoms with E-state index < -0.39 is 0 Å². The summed E-state index contributed by atoms with van der Waals surface area (Å²) in [5, 5.41) is 4.78. The first-order valence-electron chi connectivity index (χ1n) is 5.81. The van der Waals surface area contributed by atoms with Crippen molar-refractivity contribution in [2.24, 2.45) is 0 Å². The summed E-state index contributed by atoms with van der Waals surface area (Å²) in [5.74, 6) is 1.27. The topological polar surface area (TPSA) is 52.3 Å². The molecule has 0 saturated carbocycles. The highest BCUT2D eigenvalue weighted by Gasteiger charge is 2.13. The van der Waals surface area contributed by atoms with Crippen LogP contribution < -0.4 is 4.74 Å². The van der Waals surface area contributed by atoms with Crippen molar-refractivity contribution in [3.05, 3.63) is 53.6 Å². The zero-order chi connectivity index (χ0) is 13.2. The Morgan fingerprint density at radius 3 is 3.00 bits per heavy atom. The van der Waals surface area contributed by atoms with Crippen LogP contribution in [0.1, 0.15) is 18.7 Å². The molecule has 1 atom stereocenters. The molecule has 96 valence electrons. The molecule has 0 aliphatic heterocycles. The van der Waals surface area contributed by atoms with E-state index >= 15 is 0 Å². The Morgan fingerprint density at radius 1 is 1.26 bits per heavy atom. The number of benzene rings is 1. The summed E-state index contributed by atoms with van der Waals surface area (Å²) >= 11 is 5.93. The second kappa shape index (κ2) is 4.85. The highest BCUT2D eigenvalue weighted by Crippen LogP contribution is 2.23. The lowest BCUT2D eigenvalue weighted by molar-refractivity contribution is 0.218. The third-order valence-electron chi connectivity index (χ3n) is 2.74. The van der Waals surface area contributed by atoms with Crippen molar-refractivity contribution in [1.82, 2.24) is 19.6 Å². The number of rotatable bonds is 3. The van der Waals surface area contributed by atoms with Gasteiger partial charge in [-0.25, -0.2) is 4.98 Å². The van der Waals surface area contributed by atoms with Gasteiger partial charge in [0.05, 0.1) is 5.69 Å². The molecule has 2 heterocycles. The van der Waals surface area contributed by atoms with Gasteiger partial charge in [-0.05, 0) is 31.2 Å². The average Bonchev–Trinajstić information content (AvgIpc) is 2.86. The predicted octanol–water partition coefficient (Wildman–Crippen LogP) is 2.92. The number of hydrogen-bond acceptors (Lipinski definition) is 4. The molecule has 0 amide bonds. The van der Waals surface area contributed by atoms with E-state index in [9.17, 15) is 0 Å². The van der Waals surface area contributed by atoms with E-state index in [0.29, 0.717) is 16.5 Å². The van der Waals surface area contributed by atoms with Crippen LogP contribution in [0, 0.1) is 0 Å². The summed E-state index contributed by atoms with van der Waals surface area (Å²) in [6, 6.07) is 9.15. The molecule has 0 aliphatic rings. The van der Waals surface area contributed by atoms with Crippen LogP contribution in [0.2, 0.25) is 5.02 Å². The molecule has 0 N–H and O–H groups in total. The molecule has 1 aromatic carbocycles. The van der Waals surface area contributed by atoms with Crippen LogP contribution in [0.3, 0.4) is 0 Å². The van der Waals surface area contributed by atoms with E-state index in [1.54, 1.807) is 22.8 Å². The van der Waals surface area contributed by atoms with Gasteiger partial charge in [0.25, 0.3) is 5.78 Å². The Kier molecular flexibility index (Phi) is 3.05. The summed E-state index contributed by atoms with van der Waals surface area (Å²) in [5.41, 5.74) is 0.877. The largest absolute Gasteiger partial charge is 0.484 e. The Labute approximate surface area is 114 Å². The third kappa shape index (κ3) is 2.37. The van der Waals surface area contributed by atoms with Crippen LogP contribution >= 0.6 is 11.6 Å². The molecular formula is C13H11ClN4O. The van der Waals surface area contributed by atoms with Gasteiger partial charge in [-0.15, -0.1) is 0 Å². The van der Waals surface area contributed by atoms with Crippen LogP contribution in [-0.2, 0) is 0 Å². The van der Waals surface area contributed by atoms with E-state index in [1.807, 2.05) is 25.1 Å². The minimum Gasteiger partial charge on any atom is -0.484 e. The summed E-state index contributed by atoms with van der Waals surface area (Å²) in [6.07, 6.45) is 2.97. The molecule has 0 aliphatic carbocycles. The lowest BCUT2D eigenvalue weighted by Crippen LogP contribution is -2.09. The average molecular weight is 275 g/mol. The normalized spacial score (nSPS) is 12.5. The van der Waals surface area contributed by atoms with Gasteiger partial charge in [0, 0.05) is 11.2 Å². The van der Waals surface area contributed by atoms with Gasteiger partial charge in [0.1, 0.15) is 18.2 Å². The first-order chi connectivity index (χ1) is 9.24. The number of ether oxygens (including phenoxy) is 1. The minimum absolute atomic E-state index is 0.189. The van der Waals surface area contributed by atoms with Crippen LogP contribution in [0.4, 0.5) is 0 Å². The number of nitrogens with zero attached hydrogens (tertiary/aromatic N) is 4. The molecule has 6 heteroatoms. The lowest BCUT2D eigenvalue weighted by Gasteiger charge is -2.15. The molecule has 3 rings (SSSR count). The SMILES string of the molecule is C[C@@H](Oc1cccc(Cl)c1)c1ccnc2ncnn12. The second-order valence-electron chi connectivity index (χ2n) is 4.06. The molecule has 0 saturated heterocycles. The monoisotopic (exact) mass is 274 g/mol. The van der Waals surface area contributed by atoms with E-state index in [2.05, 4.69) is 15.1 Å². The fourth-order valence-corrected chi connectivity index (χ4v) is 2.05.